The summed E-state index contributed by atoms with van der Waals surface area (Å²) in [5, 5.41) is 8.87. The second kappa shape index (κ2) is 4.99. The van der Waals surface area contributed by atoms with Gasteiger partial charge < -0.3 is 5.73 Å². The summed E-state index contributed by atoms with van der Waals surface area (Å²) in [6.07, 6.45) is 0. The van der Waals surface area contributed by atoms with Crippen molar-refractivity contribution < 1.29 is 4.39 Å². The number of halogens is 1. The molecular formula is C15H13FN2. The van der Waals surface area contributed by atoms with Crippen LogP contribution in [0.4, 0.5) is 4.39 Å². The predicted molar refractivity (Wildman–Crippen MR) is 69.2 cm³/mol. The molecule has 18 heavy (non-hydrogen) atoms. The molecule has 0 aromatic heterocycles. The first-order valence-corrected chi connectivity index (χ1v) is 5.64. The number of rotatable bonds is 2. The minimum Gasteiger partial charge on any atom is -0.326 e. The smallest absolute Gasteiger partial charge is 0.125 e. The van der Waals surface area contributed by atoms with Crippen LogP contribution < -0.4 is 5.73 Å². The lowest BCUT2D eigenvalue weighted by Gasteiger charge is -2.10. The second-order valence-corrected chi connectivity index (χ2v) is 4.21. The van der Waals surface area contributed by atoms with Crippen LogP contribution >= 0.6 is 0 Å². The van der Waals surface area contributed by atoms with E-state index >= 15 is 0 Å². The Kier molecular flexibility index (Phi) is 3.40. The summed E-state index contributed by atoms with van der Waals surface area (Å²) in [6, 6.07) is 12.1. The van der Waals surface area contributed by atoms with Crippen molar-refractivity contribution in [3.8, 4) is 17.2 Å². The SMILES string of the molecule is Cc1ccc(CN)c(-c2cc(F)cc(C#N)c2)c1. The molecule has 2 N–H and O–H groups in total. The summed E-state index contributed by atoms with van der Waals surface area (Å²) in [7, 11) is 0. The topological polar surface area (TPSA) is 49.8 Å². The molecule has 0 atom stereocenters. The van der Waals surface area contributed by atoms with Gasteiger partial charge in [0.2, 0.25) is 0 Å². The quantitative estimate of drug-likeness (QED) is 0.876. The molecule has 0 heterocycles. The highest BCUT2D eigenvalue weighted by Crippen LogP contribution is 2.26. The summed E-state index contributed by atoms with van der Waals surface area (Å²) in [6.45, 7) is 2.35. The first-order valence-electron chi connectivity index (χ1n) is 5.64. The molecule has 2 aromatic carbocycles. The summed E-state index contributed by atoms with van der Waals surface area (Å²) < 4.78 is 13.5. The van der Waals surface area contributed by atoms with Crippen LogP contribution in [0.1, 0.15) is 16.7 Å². The van der Waals surface area contributed by atoms with Gasteiger partial charge in [0.1, 0.15) is 5.82 Å². The number of aryl methyl sites for hydroxylation is 1. The maximum Gasteiger partial charge on any atom is 0.125 e. The Bertz CT molecular complexity index is 627. The minimum absolute atomic E-state index is 0.314. The Balaban J connectivity index is 2.65. The van der Waals surface area contributed by atoms with Gasteiger partial charge in [0, 0.05) is 6.54 Å². The number of hydrogen-bond acceptors (Lipinski definition) is 2. The third-order valence-corrected chi connectivity index (χ3v) is 2.82. The van der Waals surface area contributed by atoms with Gasteiger partial charge in [-0.05, 0) is 41.8 Å². The Labute approximate surface area is 105 Å². The fraction of sp³-hybridized carbons (Fsp3) is 0.133. The molecule has 2 rings (SSSR count). The zero-order chi connectivity index (χ0) is 13.1. The highest BCUT2D eigenvalue weighted by atomic mass is 19.1. The van der Waals surface area contributed by atoms with Gasteiger partial charge in [-0.2, -0.15) is 5.26 Å². The molecule has 0 amide bonds. The Hall–Kier alpha value is -2.18. The zero-order valence-corrected chi connectivity index (χ0v) is 10.1. The fourth-order valence-corrected chi connectivity index (χ4v) is 1.95. The van der Waals surface area contributed by atoms with Crippen molar-refractivity contribution in [2.45, 2.75) is 13.5 Å². The van der Waals surface area contributed by atoms with Crippen molar-refractivity contribution in [2.75, 3.05) is 0 Å². The molecule has 0 radical (unpaired) electrons. The number of nitrogens with zero attached hydrogens (tertiary/aromatic N) is 1. The van der Waals surface area contributed by atoms with E-state index in [1.807, 2.05) is 31.2 Å². The number of benzene rings is 2. The standard InChI is InChI=1S/C15H13FN2/c1-10-2-3-12(9-18)15(4-10)13-5-11(8-17)6-14(16)7-13/h2-7H,9,18H2,1H3. The van der Waals surface area contributed by atoms with E-state index in [1.54, 1.807) is 6.07 Å². The Morgan fingerprint density at radius 1 is 1.22 bits per heavy atom. The first kappa shape index (κ1) is 12.3. The molecule has 0 spiro atoms. The molecule has 0 bridgehead atoms. The van der Waals surface area contributed by atoms with E-state index < -0.39 is 5.82 Å². The van der Waals surface area contributed by atoms with Crippen LogP contribution in [0.2, 0.25) is 0 Å². The van der Waals surface area contributed by atoms with E-state index in [0.717, 1.165) is 16.7 Å². The molecule has 0 aliphatic carbocycles. The van der Waals surface area contributed by atoms with Crippen LogP contribution in [0.5, 0.6) is 0 Å². The summed E-state index contributed by atoms with van der Waals surface area (Å²) in [5.41, 5.74) is 9.59. The van der Waals surface area contributed by atoms with Crippen LogP contribution in [0.25, 0.3) is 11.1 Å². The van der Waals surface area contributed by atoms with Gasteiger partial charge >= 0.3 is 0 Å². The normalized spacial score (nSPS) is 10.1. The highest BCUT2D eigenvalue weighted by Gasteiger charge is 2.07. The van der Waals surface area contributed by atoms with Crippen molar-refractivity contribution in [1.82, 2.24) is 0 Å². The Morgan fingerprint density at radius 3 is 2.67 bits per heavy atom. The first-order chi connectivity index (χ1) is 8.63. The monoisotopic (exact) mass is 240 g/mol. The average molecular weight is 240 g/mol. The molecule has 0 saturated heterocycles. The van der Waals surface area contributed by atoms with Gasteiger partial charge in [-0.15, -0.1) is 0 Å². The summed E-state index contributed by atoms with van der Waals surface area (Å²) in [4.78, 5) is 0. The van der Waals surface area contributed by atoms with Crippen molar-refractivity contribution in [3.63, 3.8) is 0 Å². The molecule has 0 aliphatic rings. The minimum atomic E-state index is -0.409. The molecule has 0 fully saturated rings. The summed E-state index contributed by atoms with van der Waals surface area (Å²) in [5.74, 6) is -0.409. The van der Waals surface area contributed by atoms with E-state index in [0.29, 0.717) is 17.7 Å². The van der Waals surface area contributed by atoms with E-state index in [9.17, 15) is 4.39 Å². The zero-order valence-electron chi connectivity index (χ0n) is 10.1. The van der Waals surface area contributed by atoms with Gasteiger partial charge in [-0.25, -0.2) is 4.39 Å². The molecule has 0 unspecified atom stereocenters. The van der Waals surface area contributed by atoms with Crippen LogP contribution in [-0.4, -0.2) is 0 Å². The molecular weight excluding hydrogens is 227 g/mol. The van der Waals surface area contributed by atoms with Crippen molar-refractivity contribution in [2.24, 2.45) is 5.73 Å². The van der Waals surface area contributed by atoms with Gasteiger partial charge in [0.15, 0.2) is 0 Å². The lowest BCUT2D eigenvalue weighted by Crippen LogP contribution is -1.99. The van der Waals surface area contributed by atoms with Gasteiger partial charge in [-0.3, -0.25) is 0 Å². The van der Waals surface area contributed by atoms with Crippen molar-refractivity contribution in [1.29, 1.82) is 5.26 Å². The predicted octanol–water partition coefficient (Wildman–Crippen LogP) is 3.13. The molecule has 90 valence electrons. The molecule has 0 saturated carbocycles. The van der Waals surface area contributed by atoms with Crippen LogP contribution in [0.3, 0.4) is 0 Å². The molecule has 2 nitrogen and oxygen atoms in total. The van der Waals surface area contributed by atoms with Crippen molar-refractivity contribution in [3.05, 3.63) is 58.9 Å². The molecule has 0 aliphatic heterocycles. The number of nitriles is 1. The lowest BCUT2D eigenvalue weighted by atomic mass is 9.96. The maximum absolute atomic E-state index is 13.5. The molecule has 2 aromatic rings. The van der Waals surface area contributed by atoms with E-state index in [1.165, 1.54) is 12.1 Å². The number of hydrogen-bond donors (Lipinski definition) is 1. The third kappa shape index (κ3) is 2.39. The fourth-order valence-electron chi connectivity index (χ4n) is 1.95. The average Bonchev–Trinajstić information content (AvgIpc) is 2.38. The maximum atomic E-state index is 13.5. The highest BCUT2D eigenvalue weighted by molar-refractivity contribution is 5.69. The number of nitrogens with two attached hydrogens (primary N) is 1. The van der Waals surface area contributed by atoms with Gasteiger partial charge in [0.25, 0.3) is 0 Å². The largest absolute Gasteiger partial charge is 0.326 e. The molecule has 3 heteroatoms. The van der Waals surface area contributed by atoms with Crippen LogP contribution in [0, 0.1) is 24.1 Å². The van der Waals surface area contributed by atoms with Crippen LogP contribution in [-0.2, 0) is 6.54 Å². The second-order valence-electron chi connectivity index (χ2n) is 4.21. The van der Waals surface area contributed by atoms with E-state index in [4.69, 9.17) is 11.0 Å². The van der Waals surface area contributed by atoms with Gasteiger partial charge in [0.05, 0.1) is 11.6 Å². The summed E-state index contributed by atoms with van der Waals surface area (Å²) >= 11 is 0. The third-order valence-electron chi connectivity index (χ3n) is 2.82. The van der Waals surface area contributed by atoms with Crippen molar-refractivity contribution >= 4 is 0 Å². The van der Waals surface area contributed by atoms with Gasteiger partial charge in [-0.1, -0.05) is 23.8 Å². The Morgan fingerprint density at radius 2 is 2.00 bits per heavy atom. The van der Waals surface area contributed by atoms with E-state index in [2.05, 4.69) is 0 Å². The van der Waals surface area contributed by atoms with E-state index in [-0.39, 0.29) is 0 Å². The lowest BCUT2D eigenvalue weighted by molar-refractivity contribution is 0.628. The van der Waals surface area contributed by atoms with Crippen LogP contribution in [0.15, 0.2) is 36.4 Å².